The smallest absolute Gasteiger partial charge is 0.145 e. The maximum Gasteiger partial charge on any atom is 0.145 e. The molecule has 3 aliphatic carbocycles. The molecule has 0 amide bonds. The first-order valence-corrected chi connectivity index (χ1v) is 9.41. The van der Waals surface area contributed by atoms with Gasteiger partial charge in [-0.05, 0) is 72.7 Å². The molecule has 0 spiro atoms. The first kappa shape index (κ1) is 16.9. The van der Waals surface area contributed by atoms with E-state index < -0.39 is 0 Å². The van der Waals surface area contributed by atoms with Gasteiger partial charge in [-0.25, -0.2) is 0 Å². The molecule has 2 nitrogen and oxygen atoms in total. The average Bonchev–Trinajstić information content (AvgIpc) is 2.64. The van der Waals surface area contributed by atoms with Crippen LogP contribution in [0.3, 0.4) is 0 Å². The zero-order valence-corrected chi connectivity index (χ0v) is 15.2. The highest BCUT2D eigenvalue weighted by Crippen LogP contribution is 2.67. The number of hydrogen-bond donors (Lipinski definition) is 0. The third-order valence-electron chi connectivity index (χ3n) is 8.03. The molecule has 128 valence electrons. The Labute approximate surface area is 141 Å². The van der Waals surface area contributed by atoms with Gasteiger partial charge in [0, 0.05) is 5.41 Å². The predicted molar refractivity (Wildman–Crippen MR) is 93.0 cm³/mol. The molecule has 3 rings (SSSR count). The van der Waals surface area contributed by atoms with E-state index in [0.717, 1.165) is 31.1 Å². The number of aldehydes is 2. The van der Waals surface area contributed by atoms with Crippen LogP contribution in [0.1, 0.15) is 72.6 Å². The van der Waals surface area contributed by atoms with Crippen molar-refractivity contribution in [3.8, 4) is 0 Å². The molecule has 0 heterocycles. The van der Waals surface area contributed by atoms with Crippen LogP contribution < -0.4 is 0 Å². The van der Waals surface area contributed by atoms with Gasteiger partial charge in [0.15, 0.2) is 0 Å². The molecule has 0 radical (unpaired) electrons. The van der Waals surface area contributed by atoms with Gasteiger partial charge < -0.3 is 4.79 Å². The molecular formula is C21H32O2. The summed E-state index contributed by atoms with van der Waals surface area (Å²) in [7, 11) is 0. The first-order chi connectivity index (χ1) is 10.8. The van der Waals surface area contributed by atoms with E-state index >= 15 is 0 Å². The lowest BCUT2D eigenvalue weighted by Gasteiger charge is -2.63. The van der Waals surface area contributed by atoms with Crippen LogP contribution in [0.5, 0.6) is 0 Å². The Balaban J connectivity index is 2.08. The normalized spacial score (nSPS) is 45.9. The van der Waals surface area contributed by atoms with Gasteiger partial charge in [0.25, 0.3) is 0 Å². The monoisotopic (exact) mass is 316 g/mol. The molecular weight excluding hydrogens is 284 g/mol. The van der Waals surface area contributed by atoms with Crippen LogP contribution in [0.25, 0.3) is 0 Å². The second-order valence-electron chi connectivity index (χ2n) is 9.46. The van der Waals surface area contributed by atoms with Gasteiger partial charge in [0.2, 0.25) is 0 Å². The Kier molecular flexibility index (Phi) is 4.09. The van der Waals surface area contributed by atoms with Crippen molar-refractivity contribution in [3.63, 3.8) is 0 Å². The van der Waals surface area contributed by atoms with Crippen LogP contribution in [0.4, 0.5) is 0 Å². The van der Waals surface area contributed by atoms with Crippen LogP contribution in [0, 0.1) is 34.0 Å². The maximum absolute atomic E-state index is 12.3. The highest BCUT2D eigenvalue weighted by molar-refractivity contribution is 5.74. The van der Waals surface area contributed by atoms with E-state index in [1.165, 1.54) is 32.0 Å². The highest BCUT2D eigenvalue weighted by atomic mass is 16.1. The van der Waals surface area contributed by atoms with E-state index in [-0.39, 0.29) is 16.7 Å². The Morgan fingerprint density at radius 3 is 2.48 bits per heavy atom. The van der Waals surface area contributed by atoms with Crippen LogP contribution >= 0.6 is 0 Å². The Hall–Kier alpha value is -0.920. The van der Waals surface area contributed by atoms with Crippen molar-refractivity contribution in [3.05, 3.63) is 11.6 Å². The summed E-state index contributed by atoms with van der Waals surface area (Å²) in [5.41, 5.74) is 1.27. The van der Waals surface area contributed by atoms with Gasteiger partial charge in [-0.15, -0.1) is 0 Å². The Bertz CT molecular complexity index is 532. The van der Waals surface area contributed by atoms with E-state index in [1.807, 2.05) is 0 Å². The topological polar surface area (TPSA) is 34.1 Å². The molecule has 0 aromatic carbocycles. The third kappa shape index (κ3) is 2.36. The number of allylic oxidation sites excluding steroid dienone is 2. The minimum Gasteiger partial charge on any atom is -0.303 e. The first-order valence-electron chi connectivity index (χ1n) is 9.41. The van der Waals surface area contributed by atoms with Gasteiger partial charge >= 0.3 is 0 Å². The van der Waals surface area contributed by atoms with Crippen molar-refractivity contribution in [2.75, 3.05) is 0 Å². The fourth-order valence-corrected chi connectivity index (χ4v) is 6.81. The Morgan fingerprint density at radius 2 is 1.83 bits per heavy atom. The number of hydrogen-bond acceptors (Lipinski definition) is 2. The molecule has 2 unspecified atom stereocenters. The predicted octanol–water partition coefficient (Wildman–Crippen LogP) is 4.97. The van der Waals surface area contributed by atoms with Gasteiger partial charge in [-0.1, -0.05) is 40.2 Å². The van der Waals surface area contributed by atoms with Crippen molar-refractivity contribution in [1.29, 1.82) is 0 Å². The standard InChI is InChI=1S/C21H32O2/c1-15-12-16(13-22)6-7-18-20(4)10-5-9-19(2,3)17(20)8-11-21(15,18)14-23/h6,13-15,17-18H,5,7-12H2,1-4H3/t15-,17?,18?,20-,21+/m0/s1. The van der Waals surface area contributed by atoms with Crippen LogP contribution in [0.2, 0.25) is 0 Å². The highest BCUT2D eigenvalue weighted by Gasteiger charge is 2.61. The van der Waals surface area contributed by atoms with Gasteiger partial charge in [0.1, 0.15) is 12.6 Å². The second kappa shape index (κ2) is 5.57. The van der Waals surface area contributed by atoms with E-state index in [9.17, 15) is 9.59 Å². The zero-order chi connectivity index (χ0) is 16.9. The summed E-state index contributed by atoms with van der Waals surface area (Å²) < 4.78 is 0. The quantitative estimate of drug-likeness (QED) is 0.674. The summed E-state index contributed by atoms with van der Waals surface area (Å²) >= 11 is 0. The molecule has 0 bridgehead atoms. The largest absolute Gasteiger partial charge is 0.303 e. The summed E-state index contributed by atoms with van der Waals surface area (Å²) in [6, 6.07) is 0. The number of carbonyl (C=O) groups excluding carboxylic acids is 2. The number of rotatable bonds is 2. The van der Waals surface area contributed by atoms with Crippen molar-refractivity contribution in [2.45, 2.75) is 72.6 Å². The molecule has 5 atom stereocenters. The number of carbonyl (C=O) groups is 2. The van der Waals surface area contributed by atoms with Gasteiger partial charge in [-0.3, -0.25) is 4.79 Å². The molecule has 0 aromatic rings. The molecule has 0 N–H and O–H groups in total. The molecule has 2 saturated carbocycles. The fourth-order valence-electron chi connectivity index (χ4n) is 6.81. The molecule has 0 saturated heterocycles. The lowest BCUT2D eigenvalue weighted by molar-refractivity contribution is -0.159. The summed E-state index contributed by atoms with van der Waals surface area (Å²) in [4.78, 5) is 23.7. The van der Waals surface area contributed by atoms with E-state index in [0.29, 0.717) is 17.3 Å². The summed E-state index contributed by atoms with van der Waals surface area (Å²) in [5.74, 6) is 1.35. The number of fused-ring (bicyclic) bond motifs is 3. The minimum atomic E-state index is -0.236. The lowest BCUT2D eigenvalue weighted by Crippen LogP contribution is -2.57. The van der Waals surface area contributed by atoms with Gasteiger partial charge in [0.05, 0.1) is 0 Å². The molecule has 2 heteroatoms. The van der Waals surface area contributed by atoms with Gasteiger partial charge in [-0.2, -0.15) is 0 Å². The lowest BCUT2D eigenvalue weighted by atomic mass is 9.41. The summed E-state index contributed by atoms with van der Waals surface area (Å²) in [5, 5.41) is 0. The second-order valence-corrected chi connectivity index (χ2v) is 9.46. The van der Waals surface area contributed by atoms with Crippen LogP contribution in [-0.4, -0.2) is 12.6 Å². The fraction of sp³-hybridized carbons (Fsp3) is 0.810. The minimum absolute atomic E-state index is 0.226. The molecule has 0 aromatic heterocycles. The van der Waals surface area contributed by atoms with E-state index in [4.69, 9.17) is 0 Å². The Morgan fingerprint density at radius 1 is 1.09 bits per heavy atom. The summed E-state index contributed by atoms with van der Waals surface area (Å²) in [6.07, 6.45) is 12.1. The van der Waals surface area contributed by atoms with Crippen molar-refractivity contribution in [1.82, 2.24) is 0 Å². The average molecular weight is 316 g/mol. The molecule has 0 aliphatic heterocycles. The van der Waals surface area contributed by atoms with Crippen LogP contribution in [0.15, 0.2) is 11.6 Å². The molecule has 23 heavy (non-hydrogen) atoms. The van der Waals surface area contributed by atoms with Crippen LogP contribution in [-0.2, 0) is 9.59 Å². The SMILES string of the molecule is C[C@H]1CC(C=O)=CCC2[C@@]3(C)CCCC(C)(C)C3CC[C@]21C=O. The maximum atomic E-state index is 12.3. The zero-order valence-electron chi connectivity index (χ0n) is 15.2. The van der Waals surface area contributed by atoms with Crippen molar-refractivity contribution < 1.29 is 9.59 Å². The van der Waals surface area contributed by atoms with Crippen molar-refractivity contribution >= 4 is 12.6 Å². The molecule has 3 aliphatic rings. The van der Waals surface area contributed by atoms with E-state index in [1.54, 1.807) is 0 Å². The van der Waals surface area contributed by atoms with Crippen molar-refractivity contribution in [2.24, 2.45) is 34.0 Å². The molecule has 2 fully saturated rings. The van der Waals surface area contributed by atoms with E-state index in [2.05, 4.69) is 33.8 Å². The third-order valence-corrected chi connectivity index (χ3v) is 8.03. The summed E-state index contributed by atoms with van der Waals surface area (Å²) in [6.45, 7) is 9.50.